The lowest BCUT2D eigenvalue weighted by Gasteiger charge is -2.16. The topological polar surface area (TPSA) is 84.6 Å². The minimum absolute atomic E-state index is 0.128. The number of rotatable bonds is 9. The van der Waals surface area contributed by atoms with Crippen LogP contribution in [0.25, 0.3) is 0 Å². The van der Waals surface area contributed by atoms with Gasteiger partial charge in [-0.15, -0.1) is 0 Å². The van der Waals surface area contributed by atoms with Crippen LogP contribution in [0.15, 0.2) is 0 Å². The van der Waals surface area contributed by atoms with Crippen molar-refractivity contribution in [3.05, 3.63) is 0 Å². The summed E-state index contributed by atoms with van der Waals surface area (Å²) < 4.78 is 5.28. The van der Waals surface area contributed by atoms with Gasteiger partial charge in [0, 0.05) is 19.7 Å². The zero-order valence-electron chi connectivity index (χ0n) is 11.1. The van der Waals surface area contributed by atoms with Gasteiger partial charge in [0.1, 0.15) is 0 Å². The van der Waals surface area contributed by atoms with E-state index in [1.807, 2.05) is 20.8 Å². The molecule has 17 heavy (non-hydrogen) atoms. The van der Waals surface area contributed by atoms with Crippen LogP contribution >= 0.6 is 0 Å². The second-order valence-electron chi connectivity index (χ2n) is 4.60. The maximum Gasteiger partial charge on any atom is 0.222 e. The van der Waals surface area contributed by atoms with Crippen molar-refractivity contribution in [1.82, 2.24) is 5.32 Å². The number of nitrogens with two attached hydrogens (primary N) is 1. The first-order valence-corrected chi connectivity index (χ1v) is 6.26. The molecule has 0 aliphatic rings. The zero-order chi connectivity index (χ0) is 13.3. The van der Waals surface area contributed by atoms with E-state index in [4.69, 9.17) is 10.5 Å². The summed E-state index contributed by atoms with van der Waals surface area (Å²) in [7, 11) is 0. The van der Waals surface area contributed by atoms with Crippen LogP contribution in [0.1, 0.15) is 33.6 Å². The summed E-state index contributed by atoms with van der Waals surface area (Å²) in [5, 5.41) is 12.3. The average molecular weight is 246 g/mol. The highest BCUT2D eigenvalue weighted by atomic mass is 16.5. The molecule has 0 fully saturated rings. The Balaban J connectivity index is 3.77. The van der Waals surface area contributed by atoms with E-state index in [1.165, 1.54) is 0 Å². The first kappa shape index (κ1) is 16.4. The summed E-state index contributed by atoms with van der Waals surface area (Å²) >= 11 is 0. The fourth-order valence-electron chi connectivity index (χ4n) is 1.58. The Morgan fingerprint density at radius 3 is 2.59 bits per heavy atom. The van der Waals surface area contributed by atoms with Crippen LogP contribution in [0, 0.1) is 5.92 Å². The van der Waals surface area contributed by atoms with E-state index in [0.717, 1.165) is 0 Å². The Morgan fingerprint density at radius 2 is 2.12 bits per heavy atom. The largest absolute Gasteiger partial charge is 0.391 e. The van der Waals surface area contributed by atoms with Gasteiger partial charge in [0.15, 0.2) is 0 Å². The van der Waals surface area contributed by atoms with Crippen molar-refractivity contribution in [3.63, 3.8) is 0 Å². The lowest BCUT2D eigenvalue weighted by molar-refractivity contribution is -0.124. The van der Waals surface area contributed by atoms with E-state index in [1.54, 1.807) is 0 Å². The standard InChI is InChI=1S/C12H26N2O3/c1-4-17-11(7-13)6-12(16)14-8-10(15)5-9(2)3/h9-11,15H,4-8,13H2,1-3H3,(H,14,16). The number of hydrogen-bond donors (Lipinski definition) is 3. The molecule has 0 aromatic rings. The third kappa shape index (κ3) is 9.09. The molecule has 0 aliphatic carbocycles. The van der Waals surface area contributed by atoms with E-state index in [2.05, 4.69) is 5.32 Å². The SMILES string of the molecule is CCOC(CN)CC(=O)NCC(O)CC(C)C. The quantitative estimate of drug-likeness (QED) is 0.545. The van der Waals surface area contributed by atoms with E-state index in [-0.39, 0.29) is 18.4 Å². The zero-order valence-corrected chi connectivity index (χ0v) is 11.1. The summed E-state index contributed by atoms with van der Waals surface area (Å²) in [6, 6.07) is 0. The molecule has 0 spiro atoms. The van der Waals surface area contributed by atoms with Crippen LogP contribution in [0.2, 0.25) is 0 Å². The van der Waals surface area contributed by atoms with Gasteiger partial charge in [0.2, 0.25) is 5.91 Å². The Bertz CT molecular complexity index is 210. The molecule has 0 aromatic carbocycles. The van der Waals surface area contributed by atoms with Crippen molar-refractivity contribution < 1.29 is 14.6 Å². The Morgan fingerprint density at radius 1 is 1.47 bits per heavy atom. The molecular weight excluding hydrogens is 220 g/mol. The molecule has 4 N–H and O–H groups in total. The van der Waals surface area contributed by atoms with E-state index in [9.17, 15) is 9.90 Å². The van der Waals surface area contributed by atoms with Gasteiger partial charge in [-0.2, -0.15) is 0 Å². The van der Waals surface area contributed by atoms with Crippen molar-refractivity contribution in [2.24, 2.45) is 11.7 Å². The molecule has 0 bridgehead atoms. The van der Waals surface area contributed by atoms with Crippen molar-refractivity contribution in [2.45, 2.75) is 45.8 Å². The van der Waals surface area contributed by atoms with Crippen LogP contribution in [0.5, 0.6) is 0 Å². The van der Waals surface area contributed by atoms with Crippen molar-refractivity contribution >= 4 is 5.91 Å². The Labute approximate surface area is 104 Å². The first-order valence-electron chi connectivity index (χ1n) is 6.26. The molecule has 5 heteroatoms. The summed E-state index contributed by atoms with van der Waals surface area (Å²) in [5.41, 5.74) is 5.47. The van der Waals surface area contributed by atoms with Gasteiger partial charge in [-0.3, -0.25) is 4.79 Å². The number of nitrogens with one attached hydrogen (secondary N) is 1. The number of amides is 1. The molecule has 0 heterocycles. The van der Waals surface area contributed by atoms with Crippen LogP contribution in [-0.2, 0) is 9.53 Å². The third-order valence-electron chi connectivity index (χ3n) is 2.36. The summed E-state index contributed by atoms with van der Waals surface area (Å²) in [6.07, 6.45) is 0.217. The number of aliphatic hydroxyl groups is 1. The smallest absolute Gasteiger partial charge is 0.222 e. The predicted molar refractivity (Wildman–Crippen MR) is 67.6 cm³/mol. The van der Waals surface area contributed by atoms with Crippen LogP contribution in [0.3, 0.4) is 0 Å². The minimum atomic E-state index is -0.484. The number of ether oxygens (including phenoxy) is 1. The molecule has 0 rings (SSSR count). The maximum atomic E-state index is 11.5. The van der Waals surface area contributed by atoms with Crippen LogP contribution < -0.4 is 11.1 Å². The molecule has 0 aliphatic heterocycles. The Kier molecular flexibility index (Phi) is 9.03. The molecule has 102 valence electrons. The van der Waals surface area contributed by atoms with Gasteiger partial charge in [0.25, 0.3) is 0 Å². The fraction of sp³-hybridized carbons (Fsp3) is 0.917. The van der Waals surface area contributed by atoms with Gasteiger partial charge in [0.05, 0.1) is 18.6 Å². The predicted octanol–water partition coefficient (Wildman–Crippen LogP) is 0.264. The maximum absolute atomic E-state index is 11.5. The van der Waals surface area contributed by atoms with Crippen LogP contribution in [-0.4, -0.2) is 42.9 Å². The first-order chi connectivity index (χ1) is 7.99. The van der Waals surface area contributed by atoms with Gasteiger partial charge in [-0.25, -0.2) is 0 Å². The highest BCUT2D eigenvalue weighted by Crippen LogP contribution is 2.03. The summed E-state index contributed by atoms with van der Waals surface area (Å²) in [5.74, 6) is 0.291. The monoisotopic (exact) mass is 246 g/mol. The molecular formula is C12H26N2O3. The van der Waals surface area contributed by atoms with Crippen LogP contribution in [0.4, 0.5) is 0 Å². The third-order valence-corrected chi connectivity index (χ3v) is 2.36. The second-order valence-corrected chi connectivity index (χ2v) is 4.60. The average Bonchev–Trinajstić information content (AvgIpc) is 2.25. The van der Waals surface area contributed by atoms with Crippen molar-refractivity contribution in [3.8, 4) is 0 Å². The molecule has 5 nitrogen and oxygen atoms in total. The van der Waals surface area contributed by atoms with Gasteiger partial charge in [-0.05, 0) is 19.3 Å². The number of carbonyl (C=O) groups is 1. The summed E-state index contributed by atoms with van der Waals surface area (Å²) in [4.78, 5) is 11.5. The highest BCUT2D eigenvalue weighted by Gasteiger charge is 2.13. The Hall–Kier alpha value is -0.650. The molecule has 0 saturated heterocycles. The molecule has 2 atom stereocenters. The number of carbonyl (C=O) groups excluding carboxylic acids is 1. The van der Waals surface area contributed by atoms with Gasteiger partial charge in [-0.1, -0.05) is 13.8 Å². The van der Waals surface area contributed by atoms with Crippen molar-refractivity contribution in [2.75, 3.05) is 19.7 Å². The van der Waals surface area contributed by atoms with E-state index >= 15 is 0 Å². The molecule has 1 amide bonds. The van der Waals surface area contributed by atoms with E-state index in [0.29, 0.717) is 32.0 Å². The lowest BCUT2D eigenvalue weighted by atomic mass is 10.1. The molecule has 2 unspecified atom stereocenters. The van der Waals surface area contributed by atoms with E-state index < -0.39 is 6.10 Å². The summed E-state index contributed by atoms with van der Waals surface area (Å²) in [6.45, 7) is 7.10. The lowest BCUT2D eigenvalue weighted by Crippen LogP contribution is -2.37. The number of aliphatic hydroxyl groups excluding tert-OH is 1. The molecule has 0 saturated carbocycles. The molecule has 0 radical (unpaired) electrons. The highest BCUT2D eigenvalue weighted by molar-refractivity contribution is 5.76. The minimum Gasteiger partial charge on any atom is -0.391 e. The normalized spacial score (nSPS) is 14.7. The molecule has 0 aromatic heterocycles. The number of hydrogen-bond acceptors (Lipinski definition) is 4. The van der Waals surface area contributed by atoms with Crippen molar-refractivity contribution in [1.29, 1.82) is 0 Å². The second kappa shape index (κ2) is 9.39. The fourth-order valence-corrected chi connectivity index (χ4v) is 1.58. The van der Waals surface area contributed by atoms with Gasteiger partial charge >= 0.3 is 0 Å². The van der Waals surface area contributed by atoms with Gasteiger partial charge < -0.3 is 20.9 Å².